The molecule has 0 saturated heterocycles. The van der Waals surface area contributed by atoms with Crippen molar-refractivity contribution in [2.24, 2.45) is 0 Å². The lowest BCUT2D eigenvalue weighted by atomic mass is 10.1. The summed E-state index contributed by atoms with van der Waals surface area (Å²) in [5, 5.41) is 7.56. The van der Waals surface area contributed by atoms with Gasteiger partial charge in [0.2, 0.25) is 0 Å². The SMILES string of the molecule is CCCCN(C)c1ccc(C(=O)Nc2cc(Cl)ccc2-n2cncn2)cc1. The lowest BCUT2D eigenvalue weighted by Gasteiger charge is -2.19. The Bertz CT molecular complexity index is 893. The molecule has 3 rings (SSSR count). The van der Waals surface area contributed by atoms with E-state index in [4.69, 9.17) is 11.6 Å². The molecule has 1 aromatic heterocycles. The summed E-state index contributed by atoms with van der Waals surface area (Å²) in [7, 11) is 2.06. The van der Waals surface area contributed by atoms with Crippen LogP contribution in [0.5, 0.6) is 0 Å². The van der Waals surface area contributed by atoms with E-state index in [2.05, 4.69) is 34.3 Å². The molecule has 6 nitrogen and oxygen atoms in total. The average molecular weight is 384 g/mol. The van der Waals surface area contributed by atoms with Crippen LogP contribution in [0.15, 0.2) is 55.1 Å². The summed E-state index contributed by atoms with van der Waals surface area (Å²) in [5.74, 6) is -0.207. The third-order valence-electron chi connectivity index (χ3n) is 4.29. The van der Waals surface area contributed by atoms with E-state index in [1.54, 1.807) is 29.2 Å². The fraction of sp³-hybridized carbons (Fsp3) is 0.250. The van der Waals surface area contributed by atoms with Crippen molar-refractivity contribution in [2.45, 2.75) is 19.8 Å². The summed E-state index contributed by atoms with van der Waals surface area (Å²) in [6.07, 6.45) is 5.30. The quantitative estimate of drug-likeness (QED) is 0.656. The molecule has 2 aromatic carbocycles. The number of aromatic nitrogens is 3. The van der Waals surface area contributed by atoms with E-state index >= 15 is 0 Å². The zero-order chi connectivity index (χ0) is 19.2. The van der Waals surface area contributed by atoms with Gasteiger partial charge in [-0.15, -0.1) is 0 Å². The van der Waals surface area contributed by atoms with Crippen LogP contribution < -0.4 is 10.2 Å². The van der Waals surface area contributed by atoms with Gasteiger partial charge in [-0.3, -0.25) is 4.79 Å². The van der Waals surface area contributed by atoms with Gasteiger partial charge in [0.25, 0.3) is 5.91 Å². The minimum atomic E-state index is -0.207. The van der Waals surface area contributed by atoms with Crippen LogP contribution in [0.3, 0.4) is 0 Å². The number of hydrogen-bond donors (Lipinski definition) is 1. The van der Waals surface area contributed by atoms with Gasteiger partial charge in [-0.05, 0) is 48.9 Å². The minimum Gasteiger partial charge on any atom is -0.375 e. The number of amides is 1. The number of nitrogens with zero attached hydrogens (tertiary/aromatic N) is 4. The first kappa shape index (κ1) is 18.9. The smallest absolute Gasteiger partial charge is 0.255 e. The van der Waals surface area contributed by atoms with Crippen LogP contribution >= 0.6 is 11.6 Å². The molecule has 0 aliphatic rings. The second kappa shape index (κ2) is 8.68. The lowest BCUT2D eigenvalue weighted by Crippen LogP contribution is -2.18. The van der Waals surface area contributed by atoms with Crippen molar-refractivity contribution in [3.63, 3.8) is 0 Å². The number of halogens is 1. The van der Waals surface area contributed by atoms with Gasteiger partial charge in [-0.1, -0.05) is 24.9 Å². The first-order valence-corrected chi connectivity index (χ1v) is 9.23. The monoisotopic (exact) mass is 383 g/mol. The molecule has 0 spiro atoms. The third-order valence-corrected chi connectivity index (χ3v) is 4.52. The maximum Gasteiger partial charge on any atom is 0.255 e. The van der Waals surface area contributed by atoms with Crippen LogP contribution in [-0.2, 0) is 0 Å². The Labute approximate surface area is 163 Å². The van der Waals surface area contributed by atoms with Gasteiger partial charge in [-0.2, -0.15) is 5.10 Å². The Morgan fingerprint density at radius 1 is 1.22 bits per heavy atom. The van der Waals surface area contributed by atoms with Gasteiger partial charge in [-0.25, -0.2) is 9.67 Å². The van der Waals surface area contributed by atoms with Crippen molar-refractivity contribution in [3.8, 4) is 5.69 Å². The summed E-state index contributed by atoms with van der Waals surface area (Å²) in [6, 6.07) is 12.8. The second-order valence-electron chi connectivity index (χ2n) is 6.28. The topological polar surface area (TPSA) is 63.1 Å². The highest BCUT2D eigenvalue weighted by Crippen LogP contribution is 2.25. The molecule has 0 saturated carbocycles. The molecule has 0 aliphatic carbocycles. The van der Waals surface area contributed by atoms with Crippen molar-refractivity contribution in [2.75, 3.05) is 23.8 Å². The van der Waals surface area contributed by atoms with Crippen LogP contribution in [-0.4, -0.2) is 34.3 Å². The van der Waals surface area contributed by atoms with E-state index in [1.165, 1.54) is 6.33 Å². The molecule has 7 heteroatoms. The fourth-order valence-corrected chi connectivity index (χ4v) is 2.90. The Kier molecular flexibility index (Phi) is 6.08. The summed E-state index contributed by atoms with van der Waals surface area (Å²) in [4.78, 5) is 18.8. The van der Waals surface area contributed by atoms with Crippen LogP contribution in [0.1, 0.15) is 30.1 Å². The Morgan fingerprint density at radius 2 is 2.00 bits per heavy atom. The van der Waals surface area contributed by atoms with Crippen LogP contribution in [0.25, 0.3) is 5.69 Å². The number of benzene rings is 2. The van der Waals surface area contributed by atoms with Crippen molar-refractivity contribution in [1.82, 2.24) is 14.8 Å². The molecular weight excluding hydrogens is 362 g/mol. The largest absolute Gasteiger partial charge is 0.375 e. The number of carbonyl (C=O) groups excluding carboxylic acids is 1. The Balaban J connectivity index is 1.77. The number of rotatable bonds is 7. The fourth-order valence-electron chi connectivity index (χ4n) is 2.73. The summed E-state index contributed by atoms with van der Waals surface area (Å²) in [5.41, 5.74) is 2.93. The van der Waals surface area contributed by atoms with Gasteiger partial charge in [0, 0.05) is 29.9 Å². The molecular formula is C20H22ClN5O. The van der Waals surface area contributed by atoms with Gasteiger partial charge in [0.15, 0.2) is 0 Å². The number of carbonyl (C=O) groups is 1. The van der Waals surface area contributed by atoms with Crippen molar-refractivity contribution < 1.29 is 4.79 Å². The zero-order valence-electron chi connectivity index (χ0n) is 15.4. The maximum absolute atomic E-state index is 12.7. The number of anilines is 2. The van der Waals surface area contributed by atoms with E-state index < -0.39 is 0 Å². The summed E-state index contributed by atoms with van der Waals surface area (Å²) < 4.78 is 1.58. The van der Waals surface area contributed by atoms with E-state index in [0.29, 0.717) is 22.0 Å². The molecule has 1 amide bonds. The van der Waals surface area contributed by atoms with Gasteiger partial charge >= 0.3 is 0 Å². The first-order chi connectivity index (χ1) is 13.1. The third kappa shape index (κ3) is 4.65. The maximum atomic E-state index is 12.7. The highest BCUT2D eigenvalue weighted by atomic mass is 35.5. The van der Waals surface area contributed by atoms with Crippen LogP contribution in [0, 0.1) is 0 Å². The van der Waals surface area contributed by atoms with E-state index in [1.807, 2.05) is 24.3 Å². The zero-order valence-corrected chi connectivity index (χ0v) is 16.1. The van der Waals surface area contributed by atoms with E-state index in [0.717, 1.165) is 25.1 Å². The predicted octanol–water partition coefficient (Wildman–Crippen LogP) is 4.41. The average Bonchev–Trinajstić information content (AvgIpc) is 3.21. The molecule has 0 fully saturated rings. The molecule has 0 aliphatic heterocycles. The summed E-state index contributed by atoms with van der Waals surface area (Å²) >= 11 is 6.10. The molecule has 0 unspecified atom stereocenters. The first-order valence-electron chi connectivity index (χ1n) is 8.85. The number of unbranched alkanes of at least 4 members (excludes halogenated alkanes) is 1. The van der Waals surface area contributed by atoms with Crippen molar-refractivity contribution in [3.05, 3.63) is 65.7 Å². The highest BCUT2D eigenvalue weighted by molar-refractivity contribution is 6.31. The van der Waals surface area contributed by atoms with Gasteiger partial charge in [0.1, 0.15) is 12.7 Å². The minimum absolute atomic E-state index is 0.207. The molecule has 1 N–H and O–H groups in total. The molecule has 27 heavy (non-hydrogen) atoms. The van der Waals surface area contributed by atoms with E-state index in [-0.39, 0.29) is 5.91 Å². The molecule has 3 aromatic rings. The van der Waals surface area contributed by atoms with Gasteiger partial charge in [0.05, 0.1) is 11.4 Å². The lowest BCUT2D eigenvalue weighted by molar-refractivity contribution is 0.102. The van der Waals surface area contributed by atoms with Gasteiger partial charge < -0.3 is 10.2 Å². The standard InChI is InChI=1S/C20H22ClN5O/c1-3-4-11-25(2)17-8-5-15(6-9-17)20(27)24-18-12-16(21)7-10-19(18)26-14-22-13-23-26/h5-10,12-14H,3-4,11H2,1-2H3,(H,24,27). The normalized spacial score (nSPS) is 10.6. The molecule has 0 radical (unpaired) electrons. The predicted molar refractivity (Wildman–Crippen MR) is 109 cm³/mol. The molecule has 0 bridgehead atoms. The number of hydrogen-bond acceptors (Lipinski definition) is 4. The highest BCUT2D eigenvalue weighted by Gasteiger charge is 2.12. The van der Waals surface area contributed by atoms with Crippen LogP contribution in [0.4, 0.5) is 11.4 Å². The molecule has 1 heterocycles. The Morgan fingerprint density at radius 3 is 2.67 bits per heavy atom. The molecule has 0 atom stereocenters. The molecule has 140 valence electrons. The van der Waals surface area contributed by atoms with Crippen LogP contribution in [0.2, 0.25) is 5.02 Å². The number of nitrogens with one attached hydrogen (secondary N) is 1. The van der Waals surface area contributed by atoms with Crippen molar-refractivity contribution >= 4 is 28.9 Å². The van der Waals surface area contributed by atoms with Crippen molar-refractivity contribution in [1.29, 1.82) is 0 Å². The van der Waals surface area contributed by atoms with E-state index in [9.17, 15) is 4.79 Å². The second-order valence-corrected chi connectivity index (χ2v) is 6.71. The Hall–Kier alpha value is -2.86. The summed E-state index contributed by atoms with van der Waals surface area (Å²) in [6.45, 7) is 3.16.